The maximum absolute atomic E-state index is 9.52. The number of benzene rings is 1. The highest BCUT2D eigenvalue weighted by atomic mass is 32.1. The van der Waals surface area contributed by atoms with Crippen LogP contribution in [0, 0.1) is 17.2 Å². The minimum absolute atomic E-state index is 0.369. The molecule has 0 saturated carbocycles. The van der Waals surface area contributed by atoms with Gasteiger partial charge in [0.1, 0.15) is 5.01 Å². The average Bonchev–Trinajstić information content (AvgIpc) is 3.08. The molecule has 2 nitrogen and oxygen atoms in total. The van der Waals surface area contributed by atoms with Gasteiger partial charge in [-0.2, -0.15) is 5.26 Å². The van der Waals surface area contributed by atoms with Gasteiger partial charge in [0, 0.05) is 22.6 Å². The fraction of sp³-hybridized carbons (Fsp3) is 0.391. The van der Waals surface area contributed by atoms with Crippen molar-refractivity contribution < 1.29 is 0 Å². The van der Waals surface area contributed by atoms with Crippen LogP contribution in [0.5, 0.6) is 0 Å². The van der Waals surface area contributed by atoms with Gasteiger partial charge in [0.25, 0.3) is 0 Å². The Morgan fingerprint density at radius 2 is 2.19 bits per heavy atom. The maximum Gasteiger partial charge on any atom is 0.123 e. The second kappa shape index (κ2) is 8.47. The number of hydrogen-bond acceptors (Lipinski definition) is 3. The van der Waals surface area contributed by atoms with Crippen LogP contribution in [-0.2, 0) is 6.42 Å². The monoisotopic (exact) mass is 362 g/mol. The van der Waals surface area contributed by atoms with Gasteiger partial charge in [-0.25, -0.2) is 4.98 Å². The standard InChI is InChI=1S/C23H26N2S/c1-16(2)12-18-10-11-19(13-20(18)14-24)23-25-15-22(26-23)21-9-7-5-4-6-8-17(21)3/h5,7,10-11,13,15-16,21H,3-4,6,8-9,12H2,1-2H3/b7-5-. The first-order chi connectivity index (χ1) is 12.6. The average molecular weight is 363 g/mol. The molecule has 0 spiro atoms. The van der Waals surface area contributed by atoms with E-state index in [-0.39, 0.29) is 0 Å². The van der Waals surface area contributed by atoms with Gasteiger partial charge in [0.15, 0.2) is 0 Å². The van der Waals surface area contributed by atoms with Crippen molar-refractivity contribution in [1.29, 1.82) is 5.26 Å². The van der Waals surface area contributed by atoms with Crippen LogP contribution in [0.3, 0.4) is 0 Å². The third-order valence-corrected chi connectivity index (χ3v) is 6.03. The highest BCUT2D eigenvalue weighted by Gasteiger charge is 2.19. The van der Waals surface area contributed by atoms with Crippen LogP contribution in [-0.4, -0.2) is 4.98 Å². The molecule has 0 amide bonds. The van der Waals surface area contributed by atoms with Gasteiger partial charge in [-0.1, -0.05) is 50.3 Å². The molecule has 0 fully saturated rings. The van der Waals surface area contributed by atoms with Gasteiger partial charge in [-0.05, 0) is 49.7 Å². The molecule has 0 aliphatic heterocycles. The Morgan fingerprint density at radius 3 is 2.96 bits per heavy atom. The third-order valence-electron chi connectivity index (χ3n) is 4.87. The number of hydrogen-bond donors (Lipinski definition) is 0. The van der Waals surface area contributed by atoms with E-state index >= 15 is 0 Å². The van der Waals surface area contributed by atoms with Crippen molar-refractivity contribution in [2.45, 2.75) is 51.9 Å². The van der Waals surface area contributed by atoms with Gasteiger partial charge in [0.2, 0.25) is 0 Å². The van der Waals surface area contributed by atoms with Crippen LogP contribution in [0.4, 0.5) is 0 Å². The minimum atomic E-state index is 0.369. The minimum Gasteiger partial charge on any atom is -0.244 e. The van der Waals surface area contributed by atoms with Crippen LogP contribution >= 0.6 is 11.3 Å². The lowest BCUT2D eigenvalue weighted by atomic mass is 9.90. The predicted octanol–water partition coefficient (Wildman–Crippen LogP) is 6.65. The molecule has 1 aliphatic rings. The molecule has 2 aromatic rings. The van der Waals surface area contributed by atoms with Crippen LogP contribution in [0.1, 0.15) is 61.5 Å². The molecular weight excluding hydrogens is 336 g/mol. The molecule has 0 bridgehead atoms. The lowest BCUT2D eigenvalue weighted by Gasteiger charge is -2.18. The van der Waals surface area contributed by atoms with E-state index < -0.39 is 0 Å². The molecule has 1 aromatic heterocycles. The third kappa shape index (κ3) is 4.31. The number of aromatic nitrogens is 1. The highest BCUT2D eigenvalue weighted by molar-refractivity contribution is 7.15. The summed E-state index contributed by atoms with van der Waals surface area (Å²) in [7, 11) is 0. The molecule has 1 aromatic carbocycles. The molecule has 3 heteroatoms. The Bertz CT molecular complexity index is 851. The van der Waals surface area contributed by atoms with Crippen molar-refractivity contribution in [3.05, 3.63) is 64.7 Å². The maximum atomic E-state index is 9.52. The summed E-state index contributed by atoms with van der Waals surface area (Å²) < 4.78 is 0. The van der Waals surface area contributed by atoms with Crippen LogP contribution in [0.25, 0.3) is 10.6 Å². The van der Waals surface area contributed by atoms with Crippen molar-refractivity contribution in [3.8, 4) is 16.6 Å². The van der Waals surface area contributed by atoms with E-state index in [1.807, 2.05) is 12.3 Å². The van der Waals surface area contributed by atoms with E-state index in [4.69, 9.17) is 0 Å². The van der Waals surface area contributed by atoms with E-state index in [1.54, 1.807) is 11.3 Å². The van der Waals surface area contributed by atoms with Crippen molar-refractivity contribution >= 4 is 11.3 Å². The predicted molar refractivity (Wildman–Crippen MR) is 110 cm³/mol. The number of thiazole rings is 1. The molecule has 0 saturated heterocycles. The van der Waals surface area contributed by atoms with E-state index in [1.165, 1.54) is 16.9 Å². The Morgan fingerprint density at radius 1 is 1.35 bits per heavy atom. The largest absolute Gasteiger partial charge is 0.244 e. The van der Waals surface area contributed by atoms with Crippen molar-refractivity contribution in [1.82, 2.24) is 4.98 Å². The Kier molecular flexibility index (Phi) is 6.06. The van der Waals surface area contributed by atoms with Gasteiger partial charge in [-0.3, -0.25) is 0 Å². The lowest BCUT2D eigenvalue weighted by Crippen LogP contribution is -2.00. The topological polar surface area (TPSA) is 36.7 Å². The SMILES string of the molecule is C=C1CCC/C=C\CC1c1cnc(-c2ccc(CC(C)C)c(C#N)c2)s1. The number of nitrogens with zero attached hydrogens (tertiary/aromatic N) is 2. The normalized spacial score (nSPS) is 19.0. The lowest BCUT2D eigenvalue weighted by molar-refractivity contribution is 0.646. The number of rotatable bonds is 4. The fourth-order valence-corrected chi connectivity index (χ4v) is 4.55. The molecule has 1 heterocycles. The summed E-state index contributed by atoms with van der Waals surface area (Å²) in [6.45, 7) is 8.68. The van der Waals surface area contributed by atoms with Crippen LogP contribution in [0.15, 0.2) is 48.7 Å². The second-order valence-electron chi connectivity index (χ2n) is 7.46. The summed E-state index contributed by atoms with van der Waals surface area (Å²) in [5, 5.41) is 10.5. The number of nitriles is 1. The Labute approximate surface area is 160 Å². The molecule has 3 rings (SSSR count). The van der Waals surface area contributed by atoms with Crippen molar-refractivity contribution in [2.75, 3.05) is 0 Å². The molecule has 1 aliphatic carbocycles. The summed E-state index contributed by atoms with van der Waals surface area (Å²) in [5.41, 5.74) is 4.25. The molecule has 0 N–H and O–H groups in total. The first-order valence-electron chi connectivity index (χ1n) is 9.40. The van der Waals surface area contributed by atoms with E-state index in [2.05, 4.69) is 55.8 Å². The molecule has 0 radical (unpaired) electrons. The fourth-order valence-electron chi connectivity index (χ4n) is 3.47. The summed E-state index contributed by atoms with van der Waals surface area (Å²) in [6.07, 6.45) is 11.9. The van der Waals surface area contributed by atoms with Crippen molar-refractivity contribution in [2.24, 2.45) is 5.92 Å². The van der Waals surface area contributed by atoms with Crippen LogP contribution in [0.2, 0.25) is 0 Å². The number of allylic oxidation sites excluding steroid dienone is 3. The van der Waals surface area contributed by atoms with Crippen molar-refractivity contribution in [3.63, 3.8) is 0 Å². The van der Waals surface area contributed by atoms with Crippen LogP contribution < -0.4 is 0 Å². The Balaban J connectivity index is 1.87. The van der Waals surface area contributed by atoms with E-state index in [0.29, 0.717) is 11.8 Å². The van der Waals surface area contributed by atoms with Gasteiger partial charge < -0.3 is 0 Å². The first kappa shape index (κ1) is 18.6. The summed E-state index contributed by atoms with van der Waals surface area (Å²) in [4.78, 5) is 5.94. The summed E-state index contributed by atoms with van der Waals surface area (Å²) in [6, 6.07) is 8.55. The zero-order valence-corrected chi connectivity index (χ0v) is 16.5. The smallest absolute Gasteiger partial charge is 0.123 e. The first-order valence-corrected chi connectivity index (χ1v) is 10.2. The van der Waals surface area contributed by atoms with E-state index in [0.717, 1.165) is 47.4 Å². The summed E-state index contributed by atoms with van der Waals surface area (Å²) in [5.74, 6) is 0.909. The quantitative estimate of drug-likeness (QED) is 0.571. The molecule has 1 atom stereocenters. The zero-order valence-electron chi connectivity index (χ0n) is 15.7. The molecule has 26 heavy (non-hydrogen) atoms. The second-order valence-corrected chi connectivity index (χ2v) is 8.52. The molecule has 134 valence electrons. The van der Waals surface area contributed by atoms with E-state index in [9.17, 15) is 5.26 Å². The molecular formula is C23H26N2S. The molecule has 1 unspecified atom stereocenters. The van der Waals surface area contributed by atoms with Gasteiger partial charge in [-0.15, -0.1) is 11.3 Å². The zero-order chi connectivity index (χ0) is 18.5. The Hall–Kier alpha value is -2.18. The van der Waals surface area contributed by atoms with Gasteiger partial charge >= 0.3 is 0 Å². The summed E-state index contributed by atoms with van der Waals surface area (Å²) >= 11 is 1.74. The highest BCUT2D eigenvalue weighted by Crippen LogP contribution is 2.38. The van der Waals surface area contributed by atoms with Gasteiger partial charge in [0.05, 0.1) is 11.6 Å².